The Morgan fingerprint density at radius 1 is 1.28 bits per heavy atom. The van der Waals surface area contributed by atoms with Gasteiger partial charge in [-0.05, 0) is 26.0 Å². The highest BCUT2D eigenvalue weighted by Crippen LogP contribution is 2.25. The molecule has 0 saturated carbocycles. The van der Waals surface area contributed by atoms with Crippen molar-refractivity contribution in [3.8, 4) is 5.75 Å². The molecule has 4 heteroatoms. The first-order valence-electron chi connectivity index (χ1n) is 6.27. The first-order valence-corrected chi connectivity index (χ1v) is 6.27. The second kappa shape index (κ2) is 5.87. The van der Waals surface area contributed by atoms with E-state index in [2.05, 4.69) is 27.0 Å². The zero-order valence-electron chi connectivity index (χ0n) is 11.9. The van der Waals surface area contributed by atoms with Crippen LogP contribution >= 0.6 is 0 Å². The van der Waals surface area contributed by atoms with Crippen molar-refractivity contribution in [3.05, 3.63) is 24.3 Å². The lowest BCUT2D eigenvalue weighted by molar-refractivity contribution is 0.172. The van der Waals surface area contributed by atoms with Gasteiger partial charge in [0.25, 0.3) is 0 Å². The van der Waals surface area contributed by atoms with Crippen molar-refractivity contribution in [2.45, 2.75) is 13.8 Å². The molecule has 1 aromatic rings. The number of benzene rings is 1. The molecule has 18 heavy (non-hydrogen) atoms. The van der Waals surface area contributed by atoms with Crippen molar-refractivity contribution < 1.29 is 9.53 Å². The molecule has 0 heterocycles. The number of amides is 1. The van der Waals surface area contributed by atoms with Crippen LogP contribution in [0.1, 0.15) is 13.8 Å². The Bertz CT molecular complexity index is 412. The Morgan fingerprint density at radius 2 is 1.89 bits per heavy atom. The second-order valence-electron chi connectivity index (χ2n) is 4.79. The molecule has 0 fully saturated rings. The summed E-state index contributed by atoms with van der Waals surface area (Å²) in [5.74, 6) is 0.595. The number of hydrogen-bond acceptors (Lipinski definition) is 2. The highest BCUT2D eigenvalue weighted by molar-refractivity contribution is 5.70. The van der Waals surface area contributed by atoms with Crippen molar-refractivity contribution in [3.63, 3.8) is 0 Å². The summed E-state index contributed by atoms with van der Waals surface area (Å²) in [6, 6.07) is 7.74. The van der Waals surface area contributed by atoms with E-state index in [1.165, 1.54) is 4.90 Å². The summed E-state index contributed by atoms with van der Waals surface area (Å²) in [5.41, 5.74) is 1.16. The number of ether oxygens (including phenoxy) is 1. The molecule has 0 aliphatic heterocycles. The number of rotatable bonds is 4. The van der Waals surface area contributed by atoms with Gasteiger partial charge in [0.05, 0.1) is 20.1 Å². The number of hydrogen-bond donors (Lipinski definition) is 0. The average molecular weight is 251 g/mol. The summed E-state index contributed by atoms with van der Waals surface area (Å²) >= 11 is 0. The maximum Gasteiger partial charge on any atom is 0.414 e. The summed E-state index contributed by atoms with van der Waals surface area (Å²) < 4.78 is 6.10. The smallest absolute Gasteiger partial charge is 0.410 e. The van der Waals surface area contributed by atoms with Gasteiger partial charge in [-0.2, -0.15) is 0 Å². The van der Waals surface area contributed by atoms with Crippen molar-refractivity contribution in [2.75, 3.05) is 34.2 Å². The van der Waals surface area contributed by atoms with Gasteiger partial charge in [0.1, 0.15) is 11.4 Å². The molecule has 1 aromatic carbocycles. The normalized spacial score (nSPS) is 11.2. The fraction of sp³-hybridized carbons (Fsp3) is 0.500. The monoisotopic (exact) mass is 251 g/mol. The molecule has 0 saturated heterocycles. The lowest BCUT2D eigenvalue weighted by atomic mass is 10.2. The molecule has 0 bridgehead atoms. The Hall–Kier alpha value is -1.55. The van der Waals surface area contributed by atoms with Crippen molar-refractivity contribution >= 4 is 11.8 Å². The molecule has 4 nitrogen and oxygen atoms in total. The molecule has 0 unspecified atom stereocenters. The molecule has 100 valence electrons. The topological polar surface area (TPSA) is 29.5 Å². The fourth-order valence-corrected chi connectivity index (χ4v) is 1.66. The van der Waals surface area contributed by atoms with Gasteiger partial charge in [0.15, 0.2) is 0 Å². The number of carbonyl (C=O) groups excluding carboxylic acids is 1. The van der Waals surface area contributed by atoms with Crippen LogP contribution in [0, 0.1) is 0 Å². The zero-order valence-corrected chi connectivity index (χ0v) is 11.9. The molecule has 0 spiro atoms. The molecule has 0 N–H and O–H groups in total. The molecule has 0 aromatic heterocycles. The third-order valence-corrected chi connectivity index (χ3v) is 3.41. The maximum atomic E-state index is 11.5. The average Bonchev–Trinajstić information content (AvgIpc) is 2.38. The second-order valence-corrected chi connectivity index (χ2v) is 4.79. The molecular weight excluding hydrogens is 228 g/mol. The number of nitrogens with zero attached hydrogens (tertiary/aromatic N) is 2. The Morgan fingerprint density at radius 3 is 2.39 bits per heavy atom. The van der Waals surface area contributed by atoms with Crippen molar-refractivity contribution in [1.29, 1.82) is 0 Å². The van der Waals surface area contributed by atoms with Crippen LogP contribution in [0.4, 0.5) is 10.5 Å². The molecule has 1 rings (SSSR count). The van der Waals surface area contributed by atoms with E-state index >= 15 is 0 Å². The Balaban J connectivity index is 2.96. The predicted molar refractivity (Wildman–Crippen MR) is 75.0 cm³/mol. The Kier molecular flexibility index (Phi) is 4.73. The maximum absolute atomic E-state index is 11.5. The highest BCUT2D eigenvalue weighted by atomic mass is 16.6. The van der Waals surface area contributed by atoms with E-state index in [9.17, 15) is 4.79 Å². The summed E-state index contributed by atoms with van der Waals surface area (Å²) in [5, 5.41) is 0. The predicted octanol–water partition coefficient (Wildman–Crippen LogP) is 2.72. The summed E-state index contributed by atoms with van der Waals surface area (Å²) in [6.07, 6.45) is -0.352. The zero-order chi connectivity index (χ0) is 13.8. The van der Waals surface area contributed by atoms with Crippen LogP contribution in [-0.2, 0) is 0 Å². The van der Waals surface area contributed by atoms with Crippen LogP contribution in [0.15, 0.2) is 24.3 Å². The third-order valence-electron chi connectivity index (χ3n) is 3.41. The van der Waals surface area contributed by atoms with Crippen LogP contribution < -0.4 is 9.22 Å². The summed E-state index contributed by atoms with van der Waals surface area (Å²) in [4.78, 5) is 12.9. The van der Waals surface area contributed by atoms with E-state index < -0.39 is 0 Å². The molecule has 0 aliphatic carbocycles. The largest absolute Gasteiger partial charge is 0.414 e. The van der Waals surface area contributed by atoms with Gasteiger partial charge >= 0.3 is 6.09 Å². The minimum absolute atomic E-state index is 0.352. The fourth-order valence-electron chi connectivity index (χ4n) is 1.66. The lowest BCUT2D eigenvalue weighted by Gasteiger charge is -2.31. The Labute approximate surface area is 109 Å². The molecular formula is C14H23N2O2+. The first-order chi connectivity index (χ1) is 8.42. The lowest BCUT2D eigenvalue weighted by Crippen LogP contribution is -2.44. The third kappa shape index (κ3) is 3.23. The van der Waals surface area contributed by atoms with E-state index in [1.807, 2.05) is 12.1 Å². The van der Waals surface area contributed by atoms with Gasteiger partial charge in [-0.15, -0.1) is 0 Å². The molecule has 0 radical (unpaired) electrons. The minimum atomic E-state index is -0.352. The van der Waals surface area contributed by atoms with Gasteiger partial charge in [-0.1, -0.05) is 6.07 Å². The van der Waals surface area contributed by atoms with Crippen LogP contribution in [0.2, 0.25) is 0 Å². The molecule has 0 aliphatic rings. The van der Waals surface area contributed by atoms with E-state index in [0.717, 1.165) is 23.3 Å². The van der Waals surface area contributed by atoms with Gasteiger partial charge in [0, 0.05) is 20.2 Å². The van der Waals surface area contributed by atoms with Crippen LogP contribution in [-0.4, -0.2) is 45.2 Å². The van der Waals surface area contributed by atoms with Crippen molar-refractivity contribution in [1.82, 2.24) is 9.38 Å². The van der Waals surface area contributed by atoms with E-state index in [-0.39, 0.29) is 6.09 Å². The SMILES string of the molecule is CC[N+](C)(CC)c1cccc(OC(=O)N(C)C)c1. The van der Waals surface area contributed by atoms with Crippen LogP contribution in [0.5, 0.6) is 5.75 Å². The van der Waals surface area contributed by atoms with Gasteiger partial charge < -0.3 is 9.64 Å². The minimum Gasteiger partial charge on any atom is -0.410 e. The van der Waals surface area contributed by atoms with E-state index in [0.29, 0.717) is 5.75 Å². The quantitative estimate of drug-likeness (QED) is 0.770. The van der Waals surface area contributed by atoms with Gasteiger partial charge in [-0.3, -0.25) is 4.48 Å². The van der Waals surface area contributed by atoms with E-state index in [4.69, 9.17) is 4.74 Å². The molecule has 0 atom stereocenters. The molecule has 1 amide bonds. The standard InChI is InChI=1S/C14H23N2O2/c1-6-16(5,7-2)12-9-8-10-13(11-12)18-14(17)15(3)4/h8-11H,6-7H2,1-5H3/q+1. The van der Waals surface area contributed by atoms with Gasteiger partial charge in [0.2, 0.25) is 0 Å². The van der Waals surface area contributed by atoms with Crippen molar-refractivity contribution in [2.24, 2.45) is 0 Å². The van der Waals surface area contributed by atoms with Crippen LogP contribution in [0.25, 0.3) is 0 Å². The summed E-state index contributed by atoms with van der Waals surface area (Å²) in [6.45, 7) is 6.31. The first kappa shape index (κ1) is 14.5. The van der Waals surface area contributed by atoms with Crippen LogP contribution in [0.3, 0.4) is 0 Å². The number of carbonyl (C=O) groups is 1. The van der Waals surface area contributed by atoms with Gasteiger partial charge in [-0.25, -0.2) is 4.79 Å². The number of quaternary nitrogens is 1. The summed E-state index contributed by atoms with van der Waals surface area (Å²) in [7, 11) is 5.52. The highest BCUT2D eigenvalue weighted by Gasteiger charge is 2.21. The van der Waals surface area contributed by atoms with E-state index in [1.54, 1.807) is 20.2 Å².